The van der Waals surface area contributed by atoms with Gasteiger partial charge in [0.25, 0.3) is 0 Å². The van der Waals surface area contributed by atoms with Crippen LogP contribution >= 0.6 is 11.6 Å². The Hall–Kier alpha value is -0.610. The highest BCUT2D eigenvalue weighted by atomic mass is 35.5. The molecule has 0 bridgehead atoms. The number of nitrogens with zero attached hydrogens (tertiary/aromatic N) is 1. The summed E-state index contributed by atoms with van der Waals surface area (Å²) < 4.78 is 5.13. The molecule has 2 atom stereocenters. The van der Waals surface area contributed by atoms with Crippen LogP contribution in [-0.4, -0.2) is 38.3 Å². The van der Waals surface area contributed by atoms with Crippen molar-refractivity contribution in [3.8, 4) is 0 Å². The number of hydrogen-bond donors (Lipinski definition) is 1. The van der Waals surface area contributed by atoms with Crippen molar-refractivity contribution in [1.29, 1.82) is 0 Å². The molecular formula is C14H23ClN2O. The Morgan fingerprint density at radius 1 is 1.39 bits per heavy atom. The third kappa shape index (κ3) is 3.95. The van der Waals surface area contributed by atoms with E-state index in [4.69, 9.17) is 22.1 Å². The van der Waals surface area contributed by atoms with E-state index in [0.29, 0.717) is 6.61 Å². The summed E-state index contributed by atoms with van der Waals surface area (Å²) >= 11 is 6.28. The highest BCUT2D eigenvalue weighted by Gasteiger charge is 2.24. The molecule has 1 aromatic rings. The van der Waals surface area contributed by atoms with E-state index in [1.165, 1.54) is 0 Å². The number of methoxy groups -OCH3 is 1. The summed E-state index contributed by atoms with van der Waals surface area (Å²) in [5.74, 6) is 0. The fourth-order valence-electron chi connectivity index (χ4n) is 2.11. The number of rotatable bonds is 7. The maximum absolute atomic E-state index is 6.28. The largest absolute Gasteiger partial charge is 0.383 e. The molecule has 0 aliphatic carbocycles. The van der Waals surface area contributed by atoms with E-state index >= 15 is 0 Å². The van der Waals surface area contributed by atoms with Crippen LogP contribution in [0.2, 0.25) is 5.02 Å². The number of halogens is 1. The topological polar surface area (TPSA) is 38.5 Å². The number of likely N-dealkylation sites (N-methyl/N-ethyl adjacent to an activating group) is 1. The van der Waals surface area contributed by atoms with Gasteiger partial charge in [-0.1, -0.05) is 36.7 Å². The van der Waals surface area contributed by atoms with Crippen molar-refractivity contribution < 1.29 is 4.74 Å². The van der Waals surface area contributed by atoms with Crippen LogP contribution in [0, 0.1) is 0 Å². The average Bonchev–Trinajstić information content (AvgIpc) is 2.38. The van der Waals surface area contributed by atoms with Crippen molar-refractivity contribution in [2.24, 2.45) is 5.73 Å². The molecule has 102 valence electrons. The second-order valence-corrected chi connectivity index (χ2v) is 4.92. The molecule has 0 radical (unpaired) electrons. The molecule has 2 unspecified atom stereocenters. The number of hydrogen-bond acceptors (Lipinski definition) is 3. The van der Waals surface area contributed by atoms with Gasteiger partial charge in [-0.15, -0.1) is 0 Å². The minimum atomic E-state index is 0.0618. The average molecular weight is 271 g/mol. The lowest BCUT2D eigenvalue weighted by atomic mass is 9.96. The lowest BCUT2D eigenvalue weighted by molar-refractivity contribution is 0.128. The Labute approximate surface area is 115 Å². The van der Waals surface area contributed by atoms with Gasteiger partial charge in [0.05, 0.1) is 12.6 Å². The summed E-state index contributed by atoms with van der Waals surface area (Å²) in [6, 6.07) is 8.09. The monoisotopic (exact) mass is 270 g/mol. The van der Waals surface area contributed by atoms with Gasteiger partial charge < -0.3 is 10.5 Å². The smallest absolute Gasteiger partial charge is 0.0589 e. The van der Waals surface area contributed by atoms with Crippen molar-refractivity contribution in [3.63, 3.8) is 0 Å². The molecule has 1 rings (SSSR count). The molecule has 3 nitrogen and oxygen atoms in total. The molecule has 0 fully saturated rings. The predicted molar refractivity (Wildman–Crippen MR) is 77.0 cm³/mol. The van der Waals surface area contributed by atoms with Crippen LogP contribution in [0.25, 0.3) is 0 Å². The van der Waals surface area contributed by atoms with E-state index in [1.54, 1.807) is 7.11 Å². The molecule has 0 heterocycles. The zero-order valence-electron chi connectivity index (χ0n) is 11.4. The molecule has 1 aromatic carbocycles. The molecule has 2 N–H and O–H groups in total. The van der Waals surface area contributed by atoms with Gasteiger partial charge in [0.15, 0.2) is 0 Å². The zero-order chi connectivity index (χ0) is 13.5. The summed E-state index contributed by atoms with van der Waals surface area (Å²) in [6.45, 7) is 3.62. The lowest BCUT2D eigenvalue weighted by Crippen LogP contribution is -2.40. The number of nitrogens with two attached hydrogens (primary N) is 1. The maximum atomic E-state index is 6.28. The van der Waals surface area contributed by atoms with Gasteiger partial charge in [-0.25, -0.2) is 0 Å². The van der Waals surface area contributed by atoms with Gasteiger partial charge >= 0.3 is 0 Å². The quantitative estimate of drug-likeness (QED) is 0.828. The van der Waals surface area contributed by atoms with E-state index in [1.807, 2.05) is 24.3 Å². The summed E-state index contributed by atoms with van der Waals surface area (Å²) in [5.41, 5.74) is 7.34. The Balaban J connectivity index is 2.94. The van der Waals surface area contributed by atoms with Crippen molar-refractivity contribution >= 4 is 11.6 Å². The first-order chi connectivity index (χ1) is 8.61. The minimum absolute atomic E-state index is 0.0618. The molecule has 0 saturated heterocycles. The van der Waals surface area contributed by atoms with Crippen molar-refractivity contribution in [1.82, 2.24) is 4.90 Å². The van der Waals surface area contributed by atoms with Crippen molar-refractivity contribution in [3.05, 3.63) is 34.9 Å². The second-order valence-electron chi connectivity index (χ2n) is 4.51. The van der Waals surface area contributed by atoms with E-state index in [2.05, 4.69) is 18.9 Å². The number of ether oxygens (including phenoxy) is 1. The van der Waals surface area contributed by atoms with E-state index < -0.39 is 0 Å². The Morgan fingerprint density at radius 2 is 2.06 bits per heavy atom. The zero-order valence-corrected chi connectivity index (χ0v) is 12.2. The Bertz CT molecular complexity index is 359. The maximum Gasteiger partial charge on any atom is 0.0589 e. The van der Waals surface area contributed by atoms with E-state index in [0.717, 1.165) is 23.6 Å². The molecule has 4 heteroatoms. The van der Waals surface area contributed by atoms with Crippen LogP contribution in [0.15, 0.2) is 24.3 Å². The van der Waals surface area contributed by atoms with Crippen LogP contribution < -0.4 is 5.73 Å². The van der Waals surface area contributed by atoms with Gasteiger partial charge in [-0.3, -0.25) is 4.90 Å². The van der Waals surface area contributed by atoms with Crippen molar-refractivity contribution in [2.75, 3.05) is 27.3 Å². The first-order valence-corrected chi connectivity index (χ1v) is 6.68. The molecule has 0 aliphatic rings. The third-order valence-electron chi connectivity index (χ3n) is 3.22. The van der Waals surface area contributed by atoms with E-state index in [-0.39, 0.29) is 12.1 Å². The van der Waals surface area contributed by atoms with Gasteiger partial charge in [-0.05, 0) is 25.1 Å². The third-order valence-corrected chi connectivity index (χ3v) is 3.57. The molecule has 18 heavy (non-hydrogen) atoms. The lowest BCUT2D eigenvalue weighted by Gasteiger charge is -2.33. The molecule has 0 aromatic heterocycles. The van der Waals surface area contributed by atoms with Crippen molar-refractivity contribution in [2.45, 2.75) is 25.4 Å². The second kappa shape index (κ2) is 7.74. The molecule has 0 amide bonds. The van der Waals surface area contributed by atoms with Gasteiger partial charge in [0.1, 0.15) is 0 Å². The summed E-state index contributed by atoms with van der Waals surface area (Å²) in [4.78, 5) is 2.21. The predicted octanol–water partition coefficient (Wildman–Crippen LogP) is 2.70. The minimum Gasteiger partial charge on any atom is -0.383 e. The SMILES string of the molecule is CCC(N)C(c1ccccc1Cl)N(C)CCOC. The fraction of sp³-hybridized carbons (Fsp3) is 0.571. The standard InChI is InChI=1S/C14H23ClN2O/c1-4-13(16)14(17(2)9-10-18-3)11-7-5-6-8-12(11)15/h5-8,13-14H,4,9-10,16H2,1-3H3. The molecule has 0 aliphatic heterocycles. The van der Waals surface area contributed by atoms with Crippen LogP contribution in [0.4, 0.5) is 0 Å². The van der Waals surface area contributed by atoms with E-state index in [9.17, 15) is 0 Å². The Morgan fingerprint density at radius 3 is 2.61 bits per heavy atom. The fourth-order valence-corrected chi connectivity index (χ4v) is 2.36. The Kier molecular flexibility index (Phi) is 6.65. The van der Waals surface area contributed by atoms with Gasteiger partial charge in [0.2, 0.25) is 0 Å². The summed E-state index contributed by atoms with van der Waals surface area (Å²) in [6.07, 6.45) is 0.910. The molecule has 0 spiro atoms. The van der Waals surface area contributed by atoms with Crippen LogP contribution in [0.3, 0.4) is 0 Å². The number of benzene rings is 1. The summed E-state index contributed by atoms with van der Waals surface area (Å²) in [7, 11) is 3.76. The highest BCUT2D eigenvalue weighted by molar-refractivity contribution is 6.31. The van der Waals surface area contributed by atoms with Gasteiger partial charge in [0, 0.05) is 24.7 Å². The summed E-state index contributed by atoms with van der Waals surface area (Å²) in [5, 5.41) is 0.774. The van der Waals surface area contributed by atoms with Crippen LogP contribution in [0.5, 0.6) is 0 Å². The normalized spacial score (nSPS) is 14.8. The molecular weight excluding hydrogens is 248 g/mol. The first-order valence-electron chi connectivity index (χ1n) is 6.31. The highest BCUT2D eigenvalue weighted by Crippen LogP contribution is 2.29. The molecule has 0 saturated carbocycles. The first kappa shape index (κ1) is 15.4. The van der Waals surface area contributed by atoms with Gasteiger partial charge in [-0.2, -0.15) is 0 Å². The van der Waals surface area contributed by atoms with Crippen LogP contribution in [-0.2, 0) is 4.74 Å². The van der Waals surface area contributed by atoms with Crippen LogP contribution in [0.1, 0.15) is 24.9 Å².